The standard InChI is InChI=1S/C17H23N3/c1-20-11-10-19-17(20)13-15-7-5-14(6-8-15)12-16-4-2-3-9-18-16/h5-8,10-11,16,18H,2-4,9,12-13H2,1H3. The molecule has 20 heavy (non-hydrogen) atoms. The molecule has 3 nitrogen and oxygen atoms in total. The lowest BCUT2D eigenvalue weighted by molar-refractivity contribution is 0.399. The van der Waals surface area contributed by atoms with E-state index in [2.05, 4.69) is 39.1 Å². The molecule has 1 aliphatic heterocycles. The highest BCUT2D eigenvalue weighted by Crippen LogP contribution is 2.14. The summed E-state index contributed by atoms with van der Waals surface area (Å²) in [7, 11) is 2.05. The summed E-state index contributed by atoms with van der Waals surface area (Å²) in [5.74, 6) is 1.12. The molecule has 3 rings (SSSR count). The summed E-state index contributed by atoms with van der Waals surface area (Å²) in [5, 5.41) is 3.61. The highest BCUT2D eigenvalue weighted by Gasteiger charge is 2.12. The lowest BCUT2D eigenvalue weighted by Crippen LogP contribution is -2.35. The van der Waals surface area contributed by atoms with E-state index in [1.165, 1.54) is 36.9 Å². The van der Waals surface area contributed by atoms with Gasteiger partial charge in [-0.2, -0.15) is 0 Å². The van der Waals surface area contributed by atoms with Gasteiger partial charge in [0.05, 0.1) is 0 Å². The van der Waals surface area contributed by atoms with Gasteiger partial charge in [-0.25, -0.2) is 4.98 Å². The number of piperidine rings is 1. The molecule has 2 heterocycles. The Bertz CT molecular complexity index is 536. The van der Waals surface area contributed by atoms with Crippen molar-refractivity contribution in [2.45, 2.75) is 38.1 Å². The number of benzene rings is 1. The molecule has 1 N–H and O–H groups in total. The zero-order valence-corrected chi connectivity index (χ0v) is 12.2. The van der Waals surface area contributed by atoms with E-state index in [-0.39, 0.29) is 0 Å². The Morgan fingerprint density at radius 1 is 1.20 bits per heavy atom. The van der Waals surface area contributed by atoms with Crippen LogP contribution < -0.4 is 5.32 Å². The lowest BCUT2D eigenvalue weighted by atomic mass is 9.97. The van der Waals surface area contributed by atoms with E-state index in [0.29, 0.717) is 6.04 Å². The minimum Gasteiger partial charge on any atom is -0.338 e. The Balaban J connectivity index is 1.61. The van der Waals surface area contributed by atoms with Gasteiger partial charge in [-0.05, 0) is 36.9 Å². The van der Waals surface area contributed by atoms with E-state index >= 15 is 0 Å². The average molecular weight is 269 g/mol. The SMILES string of the molecule is Cn1ccnc1Cc1ccc(CC2CCCCN2)cc1. The highest BCUT2D eigenvalue weighted by molar-refractivity contribution is 5.25. The van der Waals surface area contributed by atoms with Gasteiger partial charge in [-0.1, -0.05) is 30.7 Å². The third-order valence-electron chi connectivity index (χ3n) is 4.20. The van der Waals surface area contributed by atoms with Crippen LogP contribution in [0.4, 0.5) is 0 Å². The number of imidazole rings is 1. The molecule has 1 saturated heterocycles. The molecule has 1 aliphatic rings. The predicted molar refractivity (Wildman–Crippen MR) is 81.8 cm³/mol. The summed E-state index contributed by atoms with van der Waals surface area (Å²) in [4.78, 5) is 4.38. The van der Waals surface area contributed by atoms with Crippen LogP contribution in [0.3, 0.4) is 0 Å². The molecule has 0 bridgehead atoms. The Kier molecular flexibility index (Phi) is 4.16. The summed E-state index contributed by atoms with van der Waals surface area (Å²) >= 11 is 0. The number of aromatic nitrogens is 2. The summed E-state index contributed by atoms with van der Waals surface area (Å²) in [6, 6.07) is 9.70. The number of hydrogen-bond acceptors (Lipinski definition) is 2. The minimum atomic E-state index is 0.671. The maximum atomic E-state index is 4.38. The quantitative estimate of drug-likeness (QED) is 0.925. The molecule has 1 fully saturated rings. The third-order valence-corrected chi connectivity index (χ3v) is 4.20. The molecule has 0 aliphatic carbocycles. The van der Waals surface area contributed by atoms with Crippen LogP contribution in [0.2, 0.25) is 0 Å². The van der Waals surface area contributed by atoms with Gasteiger partial charge >= 0.3 is 0 Å². The maximum absolute atomic E-state index is 4.38. The monoisotopic (exact) mass is 269 g/mol. The van der Waals surface area contributed by atoms with Gasteiger partial charge in [0.25, 0.3) is 0 Å². The van der Waals surface area contributed by atoms with Crippen LogP contribution in [0, 0.1) is 0 Å². The lowest BCUT2D eigenvalue weighted by Gasteiger charge is -2.23. The Labute approximate surface area is 121 Å². The fourth-order valence-electron chi connectivity index (χ4n) is 2.93. The summed E-state index contributed by atoms with van der Waals surface area (Å²) in [6.07, 6.45) is 9.94. The Morgan fingerprint density at radius 2 is 2.00 bits per heavy atom. The summed E-state index contributed by atoms with van der Waals surface area (Å²) in [6.45, 7) is 1.18. The van der Waals surface area contributed by atoms with E-state index in [0.717, 1.165) is 18.7 Å². The van der Waals surface area contributed by atoms with Crippen LogP contribution in [0.1, 0.15) is 36.2 Å². The van der Waals surface area contributed by atoms with Crippen molar-refractivity contribution in [2.75, 3.05) is 6.54 Å². The molecule has 0 saturated carbocycles. The highest BCUT2D eigenvalue weighted by atomic mass is 15.0. The van der Waals surface area contributed by atoms with Crippen LogP contribution in [0.25, 0.3) is 0 Å². The minimum absolute atomic E-state index is 0.671. The predicted octanol–water partition coefficient (Wildman–Crippen LogP) is 2.70. The fraction of sp³-hybridized carbons (Fsp3) is 0.471. The van der Waals surface area contributed by atoms with Gasteiger partial charge in [-0.3, -0.25) is 0 Å². The first kappa shape index (κ1) is 13.4. The largest absolute Gasteiger partial charge is 0.338 e. The van der Waals surface area contributed by atoms with Crippen LogP contribution >= 0.6 is 0 Å². The molecule has 0 spiro atoms. The molecule has 1 unspecified atom stereocenters. The molecule has 1 atom stereocenters. The van der Waals surface area contributed by atoms with E-state index in [9.17, 15) is 0 Å². The second-order valence-electron chi connectivity index (χ2n) is 5.80. The van der Waals surface area contributed by atoms with E-state index < -0.39 is 0 Å². The second-order valence-corrected chi connectivity index (χ2v) is 5.80. The topological polar surface area (TPSA) is 29.9 Å². The van der Waals surface area contributed by atoms with Crippen LogP contribution in [0.5, 0.6) is 0 Å². The van der Waals surface area contributed by atoms with Crippen molar-refractivity contribution in [3.05, 3.63) is 53.6 Å². The first-order valence-corrected chi connectivity index (χ1v) is 7.58. The van der Waals surface area contributed by atoms with E-state index in [1.807, 2.05) is 19.4 Å². The molecule has 0 amide bonds. The van der Waals surface area contributed by atoms with Crippen LogP contribution in [0.15, 0.2) is 36.7 Å². The molecule has 1 aromatic heterocycles. The zero-order chi connectivity index (χ0) is 13.8. The Morgan fingerprint density at radius 3 is 2.65 bits per heavy atom. The number of aryl methyl sites for hydroxylation is 1. The van der Waals surface area contributed by atoms with Crippen molar-refractivity contribution in [2.24, 2.45) is 7.05 Å². The maximum Gasteiger partial charge on any atom is 0.112 e. The molecular formula is C17H23N3. The van der Waals surface area contributed by atoms with Gasteiger partial charge in [0, 0.05) is 31.9 Å². The van der Waals surface area contributed by atoms with Crippen molar-refractivity contribution in [3.8, 4) is 0 Å². The van der Waals surface area contributed by atoms with Crippen molar-refractivity contribution in [1.82, 2.24) is 14.9 Å². The van der Waals surface area contributed by atoms with E-state index in [1.54, 1.807) is 0 Å². The molecular weight excluding hydrogens is 246 g/mol. The van der Waals surface area contributed by atoms with Crippen molar-refractivity contribution in [1.29, 1.82) is 0 Å². The number of hydrogen-bond donors (Lipinski definition) is 1. The smallest absolute Gasteiger partial charge is 0.112 e. The normalized spacial score (nSPS) is 19.1. The summed E-state index contributed by atoms with van der Waals surface area (Å²) in [5.41, 5.74) is 2.77. The molecule has 2 aromatic rings. The van der Waals surface area contributed by atoms with Gasteiger partial charge in [0.1, 0.15) is 5.82 Å². The van der Waals surface area contributed by atoms with Gasteiger partial charge in [0.15, 0.2) is 0 Å². The van der Waals surface area contributed by atoms with Gasteiger partial charge in [-0.15, -0.1) is 0 Å². The van der Waals surface area contributed by atoms with E-state index in [4.69, 9.17) is 0 Å². The molecule has 3 heteroatoms. The molecule has 0 radical (unpaired) electrons. The number of nitrogens with zero attached hydrogens (tertiary/aromatic N) is 2. The second kappa shape index (κ2) is 6.23. The zero-order valence-electron chi connectivity index (χ0n) is 12.2. The van der Waals surface area contributed by atoms with Crippen LogP contribution in [-0.4, -0.2) is 22.1 Å². The first-order chi connectivity index (χ1) is 9.81. The van der Waals surface area contributed by atoms with Gasteiger partial charge < -0.3 is 9.88 Å². The molecule has 1 aromatic carbocycles. The fourth-order valence-corrected chi connectivity index (χ4v) is 2.93. The summed E-state index contributed by atoms with van der Waals surface area (Å²) < 4.78 is 2.08. The average Bonchev–Trinajstić information content (AvgIpc) is 2.88. The van der Waals surface area contributed by atoms with Crippen molar-refractivity contribution < 1.29 is 0 Å². The number of rotatable bonds is 4. The van der Waals surface area contributed by atoms with Crippen molar-refractivity contribution >= 4 is 0 Å². The van der Waals surface area contributed by atoms with Gasteiger partial charge in [0.2, 0.25) is 0 Å². The first-order valence-electron chi connectivity index (χ1n) is 7.58. The van der Waals surface area contributed by atoms with Crippen molar-refractivity contribution in [3.63, 3.8) is 0 Å². The third kappa shape index (κ3) is 3.28. The molecule has 106 valence electrons. The number of nitrogens with one attached hydrogen (secondary N) is 1. The van der Waals surface area contributed by atoms with Crippen LogP contribution in [-0.2, 0) is 19.9 Å². The Hall–Kier alpha value is -1.61.